The van der Waals surface area contributed by atoms with E-state index in [1.807, 2.05) is 24.3 Å². The lowest BCUT2D eigenvalue weighted by Crippen LogP contribution is -2.50. The lowest BCUT2D eigenvalue weighted by Gasteiger charge is -2.31. The fourth-order valence-corrected chi connectivity index (χ4v) is 4.60. The standard InChI is InChI=1S/C28H32FN3O5S/c1-21(28(34)30-17-24-11-7-8-12-26(24)37-2)32(19-23-13-15-25(29)16-14-23)27(33)20-31(38(3,35)36)18-22-9-5-4-6-10-22/h4-16,21H,17-20H2,1-3H3,(H,30,34)/t21-/m1/s1. The maximum Gasteiger partial charge on any atom is 0.242 e. The number of halogens is 1. The molecule has 3 aromatic rings. The zero-order valence-corrected chi connectivity index (χ0v) is 22.4. The molecule has 0 radical (unpaired) electrons. The van der Waals surface area contributed by atoms with E-state index in [1.165, 1.54) is 36.3 Å². The number of nitrogens with one attached hydrogen (secondary N) is 1. The predicted molar refractivity (Wildman–Crippen MR) is 143 cm³/mol. The fourth-order valence-electron chi connectivity index (χ4n) is 3.87. The van der Waals surface area contributed by atoms with E-state index in [0.29, 0.717) is 11.3 Å². The van der Waals surface area contributed by atoms with Gasteiger partial charge in [-0.25, -0.2) is 12.8 Å². The van der Waals surface area contributed by atoms with E-state index in [2.05, 4.69) is 5.32 Å². The monoisotopic (exact) mass is 541 g/mol. The number of hydrogen-bond donors (Lipinski definition) is 1. The van der Waals surface area contributed by atoms with Gasteiger partial charge in [-0.15, -0.1) is 0 Å². The van der Waals surface area contributed by atoms with Gasteiger partial charge in [0.25, 0.3) is 0 Å². The van der Waals surface area contributed by atoms with E-state index in [4.69, 9.17) is 4.74 Å². The smallest absolute Gasteiger partial charge is 0.242 e. The Kier molecular flexibility index (Phi) is 9.98. The van der Waals surface area contributed by atoms with Crippen LogP contribution in [0.4, 0.5) is 4.39 Å². The molecule has 0 aliphatic heterocycles. The van der Waals surface area contributed by atoms with Gasteiger partial charge >= 0.3 is 0 Å². The van der Waals surface area contributed by atoms with Gasteiger partial charge in [-0.05, 0) is 36.2 Å². The van der Waals surface area contributed by atoms with Crippen LogP contribution in [0.1, 0.15) is 23.6 Å². The van der Waals surface area contributed by atoms with Gasteiger partial charge in [0, 0.05) is 25.2 Å². The van der Waals surface area contributed by atoms with Gasteiger partial charge in [-0.3, -0.25) is 9.59 Å². The normalized spacial score (nSPS) is 12.1. The van der Waals surface area contributed by atoms with Crippen LogP contribution in [0.15, 0.2) is 78.9 Å². The number of amides is 2. The summed E-state index contributed by atoms with van der Waals surface area (Å²) in [6.07, 6.45) is 1.04. The van der Waals surface area contributed by atoms with Gasteiger partial charge < -0.3 is 15.0 Å². The molecule has 0 unspecified atom stereocenters. The molecule has 0 aliphatic carbocycles. The lowest BCUT2D eigenvalue weighted by atomic mass is 10.1. The van der Waals surface area contributed by atoms with Crippen LogP contribution in [0.5, 0.6) is 5.75 Å². The maximum atomic E-state index is 13.5. The first-order valence-electron chi connectivity index (χ1n) is 12.0. The van der Waals surface area contributed by atoms with Crippen LogP contribution in [0.3, 0.4) is 0 Å². The number of methoxy groups -OCH3 is 1. The topological polar surface area (TPSA) is 96.0 Å². The summed E-state index contributed by atoms with van der Waals surface area (Å²) in [5, 5.41) is 2.82. The van der Waals surface area contributed by atoms with E-state index in [1.54, 1.807) is 37.3 Å². The molecule has 0 aliphatic rings. The fraction of sp³-hybridized carbons (Fsp3) is 0.286. The van der Waals surface area contributed by atoms with Crippen LogP contribution < -0.4 is 10.1 Å². The van der Waals surface area contributed by atoms with Crippen LogP contribution in [0, 0.1) is 5.82 Å². The number of benzene rings is 3. The van der Waals surface area contributed by atoms with Gasteiger partial charge in [0.15, 0.2) is 0 Å². The van der Waals surface area contributed by atoms with Crippen molar-refractivity contribution in [1.29, 1.82) is 0 Å². The number of ether oxygens (including phenoxy) is 1. The summed E-state index contributed by atoms with van der Waals surface area (Å²) in [5.74, 6) is -0.805. The number of nitrogens with zero attached hydrogens (tertiary/aromatic N) is 2. The molecule has 1 atom stereocenters. The molecule has 10 heteroatoms. The first-order valence-corrected chi connectivity index (χ1v) is 13.9. The highest BCUT2D eigenvalue weighted by atomic mass is 32.2. The van der Waals surface area contributed by atoms with Crippen LogP contribution in [0.2, 0.25) is 0 Å². The Morgan fingerprint density at radius 1 is 0.921 bits per heavy atom. The van der Waals surface area contributed by atoms with Crippen LogP contribution in [0.25, 0.3) is 0 Å². The predicted octanol–water partition coefficient (Wildman–Crippen LogP) is 3.33. The molecule has 8 nitrogen and oxygen atoms in total. The van der Waals surface area contributed by atoms with Gasteiger partial charge in [0.05, 0.1) is 19.9 Å². The molecule has 0 spiro atoms. The van der Waals surface area contributed by atoms with Gasteiger partial charge in [-0.2, -0.15) is 4.31 Å². The van der Waals surface area contributed by atoms with Crippen molar-refractivity contribution in [3.8, 4) is 5.75 Å². The van der Waals surface area contributed by atoms with Crippen molar-refractivity contribution in [2.45, 2.75) is 32.6 Å². The minimum atomic E-state index is -3.75. The Bertz CT molecular complexity index is 1330. The molecular formula is C28H32FN3O5S. The molecule has 0 bridgehead atoms. The summed E-state index contributed by atoms with van der Waals surface area (Å²) >= 11 is 0. The van der Waals surface area contributed by atoms with Crippen molar-refractivity contribution < 1.29 is 27.1 Å². The van der Waals surface area contributed by atoms with Crippen LogP contribution >= 0.6 is 0 Å². The Balaban J connectivity index is 1.81. The third kappa shape index (κ3) is 8.12. The molecule has 0 heterocycles. The Morgan fingerprint density at radius 3 is 2.16 bits per heavy atom. The molecule has 0 aromatic heterocycles. The van der Waals surface area contributed by atoms with Crippen molar-refractivity contribution in [3.63, 3.8) is 0 Å². The van der Waals surface area contributed by atoms with E-state index in [-0.39, 0.29) is 19.6 Å². The second kappa shape index (κ2) is 13.2. The first-order chi connectivity index (χ1) is 18.1. The van der Waals surface area contributed by atoms with E-state index in [9.17, 15) is 22.4 Å². The minimum Gasteiger partial charge on any atom is -0.496 e. The van der Waals surface area contributed by atoms with Crippen molar-refractivity contribution in [3.05, 3.63) is 101 Å². The largest absolute Gasteiger partial charge is 0.496 e. The Morgan fingerprint density at radius 2 is 1.53 bits per heavy atom. The lowest BCUT2D eigenvalue weighted by molar-refractivity contribution is -0.140. The van der Waals surface area contributed by atoms with E-state index < -0.39 is 40.2 Å². The summed E-state index contributed by atoms with van der Waals surface area (Å²) in [5.41, 5.74) is 2.08. The SMILES string of the molecule is COc1ccccc1CNC(=O)[C@@H](C)N(Cc1ccc(F)cc1)C(=O)CN(Cc1ccccc1)S(C)(=O)=O. The minimum absolute atomic E-state index is 0.00415. The second-order valence-corrected chi connectivity index (χ2v) is 10.9. The number of hydrogen-bond acceptors (Lipinski definition) is 5. The third-order valence-electron chi connectivity index (χ3n) is 6.06. The second-order valence-electron chi connectivity index (χ2n) is 8.87. The Labute approximate surface area is 223 Å². The van der Waals surface area contributed by atoms with Gasteiger partial charge in [-0.1, -0.05) is 60.7 Å². The highest BCUT2D eigenvalue weighted by Gasteiger charge is 2.30. The molecule has 3 aromatic carbocycles. The summed E-state index contributed by atoms with van der Waals surface area (Å²) in [6.45, 7) is 1.28. The highest BCUT2D eigenvalue weighted by Crippen LogP contribution is 2.18. The van der Waals surface area contributed by atoms with Crippen molar-refractivity contribution in [2.75, 3.05) is 19.9 Å². The number of sulfonamides is 1. The van der Waals surface area contributed by atoms with Crippen molar-refractivity contribution >= 4 is 21.8 Å². The average molecular weight is 542 g/mol. The van der Waals surface area contributed by atoms with Crippen LogP contribution in [-0.4, -0.2) is 55.4 Å². The quantitative estimate of drug-likeness (QED) is 0.380. The number of rotatable bonds is 12. The van der Waals surface area contributed by atoms with E-state index >= 15 is 0 Å². The van der Waals surface area contributed by atoms with Crippen molar-refractivity contribution in [1.82, 2.24) is 14.5 Å². The molecule has 0 saturated heterocycles. The number of carbonyl (C=O) groups is 2. The zero-order valence-electron chi connectivity index (χ0n) is 21.6. The molecule has 1 N–H and O–H groups in total. The Hall–Kier alpha value is -3.76. The molecular weight excluding hydrogens is 509 g/mol. The first kappa shape index (κ1) is 28.8. The highest BCUT2D eigenvalue weighted by molar-refractivity contribution is 7.88. The van der Waals surface area contributed by atoms with Gasteiger partial charge in [0.2, 0.25) is 21.8 Å². The van der Waals surface area contributed by atoms with Crippen LogP contribution in [-0.2, 0) is 39.2 Å². The number of carbonyl (C=O) groups excluding carboxylic acids is 2. The summed E-state index contributed by atoms with van der Waals surface area (Å²) < 4.78 is 44.9. The number of para-hydroxylation sites is 1. The molecule has 202 valence electrons. The maximum absolute atomic E-state index is 13.5. The van der Waals surface area contributed by atoms with Crippen molar-refractivity contribution in [2.24, 2.45) is 0 Å². The average Bonchev–Trinajstić information content (AvgIpc) is 2.90. The van der Waals surface area contributed by atoms with E-state index in [0.717, 1.165) is 21.7 Å². The van der Waals surface area contributed by atoms with Gasteiger partial charge in [0.1, 0.15) is 17.6 Å². The molecule has 0 fully saturated rings. The summed E-state index contributed by atoms with van der Waals surface area (Å²) in [6, 6.07) is 20.8. The third-order valence-corrected chi connectivity index (χ3v) is 7.26. The molecule has 2 amide bonds. The molecule has 3 rings (SSSR count). The summed E-state index contributed by atoms with van der Waals surface area (Å²) in [4.78, 5) is 28.0. The molecule has 0 saturated carbocycles. The zero-order chi connectivity index (χ0) is 27.7. The summed E-state index contributed by atoms with van der Waals surface area (Å²) in [7, 11) is -2.21. The molecule has 38 heavy (non-hydrogen) atoms.